The Labute approximate surface area is 200 Å². The lowest BCUT2D eigenvalue weighted by Gasteiger charge is -2.34. The van der Waals surface area contributed by atoms with E-state index in [1.807, 2.05) is 30.3 Å². The monoisotopic (exact) mass is 472 g/mol. The summed E-state index contributed by atoms with van der Waals surface area (Å²) in [4.78, 5) is 14.2. The lowest BCUT2D eigenvalue weighted by molar-refractivity contribution is -0.140. The molecule has 1 aliphatic heterocycles. The standard InChI is InChI=1S/C26H33ClN2O4/c1-25(32,18-33-23-5-3-2-4-22(23)26(12-13-26)24(30)31)17-28-21-10-14-29(15-11-21)16-19-6-8-20(27)9-7-19/h2-9,21,28,32H,10-18H2,1H3,(H,30,31)/t25-/m0/s1. The second kappa shape index (κ2) is 10.0. The Kier molecular flexibility index (Phi) is 7.29. The predicted octanol–water partition coefficient (Wildman–Crippen LogP) is 3.84. The average Bonchev–Trinajstić information content (AvgIpc) is 3.61. The molecule has 0 unspecified atom stereocenters. The molecule has 6 nitrogen and oxygen atoms in total. The molecule has 0 bridgehead atoms. The van der Waals surface area contributed by atoms with Crippen molar-refractivity contribution in [2.24, 2.45) is 0 Å². The van der Waals surface area contributed by atoms with Gasteiger partial charge in [-0.3, -0.25) is 9.69 Å². The Morgan fingerprint density at radius 1 is 1.18 bits per heavy atom. The number of halogens is 1. The molecule has 2 aliphatic rings. The molecule has 2 fully saturated rings. The van der Waals surface area contributed by atoms with E-state index in [-0.39, 0.29) is 6.61 Å². The van der Waals surface area contributed by atoms with Crippen molar-refractivity contribution in [3.05, 3.63) is 64.7 Å². The zero-order valence-electron chi connectivity index (χ0n) is 19.1. The van der Waals surface area contributed by atoms with Gasteiger partial charge in [0.1, 0.15) is 18.0 Å². The zero-order valence-corrected chi connectivity index (χ0v) is 19.9. The highest BCUT2D eigenvalue weighted by Gasteiger charge is 2.53. The minimum absolute atomic E-state index is 0.0993. The molecular formula is C26H33ClN2O4. The van der Waals surface area contributed by atoms with Crippen LogP contribution in [-0.2, 0) is 16.8 Å². The number of ether oxygens (including phenoxy) is 1. The molecule has 4 rings (SSSR count). The first-order valence-corrected chi connectivity index (χ1v) is 12.0. The third-order valence-corrected chi connectivity index (χ3v) is 7.03. The van der Waals surface area contributed by atoms with Gasteiger partial charge in [0.05, 0.1) is 5.41 Å². The maximum absolute atomic E-state index is 11.7. The van der Waals surface area contributed by atoms with Gasteiger partial charge in [0, 0.05) is 29.7 Å². The molecule has 1 atom stereocenters. The van der Waals surface area contributed by atoms with Crippen LogP contribution in [0.25, 0.3) is 0 Å². The number of carboxylic acid groups (broad SMARTS) is 1. The number of nitrogens with one attached hydrogen (secondary N) is 1. The molecule has 1 saturated carbocycles. The molecule has 2 aromatic rings. The molecule has 178 valence electrons. The van der Waals surface area contributed by atoms with Gasteiger partial charge in [0.25, 0.3) is 0 Å². The second-order valence-corrected chi connectivity index (χ2v) is 10.2. The van der Waals surface area contributed by atoms with Gasteiger partial charge >= 0.3 is 5.97 Å². The third-order valence-electron chi connectivity index (χ3n) is 6.78. The molecule has 1 aliphatic carbocycles. The van der Waals surface area contributed by atoms with Crippen molar-refractivity contribution in [1.29, 1.82) is 0 Å². The van der Waals surface area contributed by atoms with Crippen molar-refractivity contribution >= 4 is 17.6 Å². The number of aliphatic hydroxyl groups is 1. The zero-order chi connectivity index (χ0) is 23.5. The van der Waals surface area contributed by atoms with Crippen molar-refractivity contribution in [2.75, 3.05) is 26.2 Å². The molecule has 0 amide bonds. The number of rotatable bonds is 10. The van der Waals surface area contributed by atoms with Gasteiger partial charge in [-0.1, -0.05) is 41.9 Å². The Morgan fingerprint density at radius 3 is 2.48 bits per heavy atom. The lowest BCUT2D eigenvalue weighted by Crippen LogP contribution is -2.49. The van der Waals surface area contributed by atoms with Crippen LogP contribution < -0.4 is 10.1 Å². The van der Waals surface area contributed by atoms with E-state index in [1.54, 1.807) is 13.0 Å². The summed E-state index contributed by atoms with van der Waals surface area (Å²) in [6.07, 6.45) is 3.29. The smallest absolute Gasteiger partial charge is 0.314 e. The number of likely N-dealkylation sites (tertiary alicyclic amines) is 1. The predicted molar refractivity (Wildman–Crippen MR) is 129 cm³/mol. The minimum atomic E-state index is -1.06. The summed E-state index contributed by atoms with van der Waals surface area (Å²) >= 11 is 5.97. The highest BCUT2D eigenvalue weighted by Crippen LogP contribution is 2.51. The van der Waals surface area contributed by atoms with Crippen molar-refractivity contribution in [2.45, 2.75) is 56.2 Å². The summed E-state index contributed by atoms with van der Waals surface area (Å²) in [6, 6.07) is 15.6. The van der Waals surface area contributed by atoms with Crippen LogP contribution in [0.1, 0.15) is 43.7 Å². The first-order valence-electron chi connectivity index (χ1n) is 11.7. The number of hydrogen-bond acceptors (Lipinski definition) is 5. The van der Waals surface area contributed by atoms with Crippen LogP contribution in [0.3, 0.4) is 0 Å². The summed E-state index contributed by atoms with van der Waals surface area (Å²) in [5.41, 5.74) is 0.0742. The van der Waals surface area contributed by atoms with Crippen molar-refractivity contribution in [1.82, 2.24) is 10.2 Å². The van der Waals surface area contributed by atoms with E-state index in [0.717, 1.165) is 37.5 Å². The quantitative estimate of drug-likeness (QED) is 0.487. The number of hydrogen-bond donors (Lipinski definition) is 3. The van der Waals surface area contributed by atoms with Crippen LogP contribution in [0, 0.1) is 0 Å². The lowest BCUT2D eigenvalue weighted by atomic mass is 9.95. The molecule has 7 heteroatoms. The van der Waals surface area contributed by atoms with Crippen LogP contribution in [0.4, 0.5) is 0 Å². The van der Waals surface area contributed by atoms with Gasteiger partial charge in [-0.15, -0.1) is 0 Å². The Morgan fingerprint density at radius 2 is 1.85 bits per heavy atom. The molecule has 1 heterocycles. The largest absolute Gasteiger partial charge is 0.490 e. The summed E-state index contributed by atoms with van der Waals surface area (Å²) in [6.45, 7) is 5.20. The van der Waals surface area contributed by atoms with Gasteiger partial charge in [0.15, 0.2) is 0 Å². The van der Waals surface area contributed by atoms with Crippen LogP contribution in [-0.4, -0.2) is 59.0 Å². The SMILES string of the molecule is C[C@](O)(CNC1CCN(Cc2ccc(Cl)cc2)CC1)COc1ccccc1C1(C(=O)O)CC1. The van der Waals surface area contributed by atoms with Gasteiger partial charge < -0.3 is 20.3 Å². The van der Waals surface area contributed by atoms with E-state index >= 15 is 0 Å². The van der Waals surface area contributed by atoms with E-state index in [1.165, 1.54) is 5.56 Å². The number of para-hydroxylation sites is 1. The van der Waals surface area contributed by atoms with Gasteiger partial charge in [-0.05, 0) is 69.5 Å². The van der Waals surface area contributed by atoms with Crippen molar-refractivity contribution in [3.63, 3.8) is 0 Å². The highest BCUT2D eigenvalue weighted by atomic mass is 35.5. The number of benzene rings is 2. The summed E-state index contributed by atoms with van der Waals surface area (Å²) in [5.74, 6) is -0.262. The Bertz CT molecular complexity index is 951. The molecular weight excluding hydrogens is 440 g/mol. The van der Waals surface area contributed by atoms with Crippen LogP contribution in [0.5, 0.6) is 5.75 Å². The molecule has 2 aromatic carbocycles. The fourth-order valence-corrected chi connectivity index (χ4v) is 4.63. The molecule has 1 saturated heterocycles. The molecule has 3 N–H and O–H groups in total. The second-order valence-electron chi connectivity index (χ2n) is 9.73. The van der Waals surface area contributed by atoms with Crippen LogP contribution >= 0.6 is 11.6 Å². The summed E-state index contributed by atoms with van der Waals surface area (Å²) in [5, 5.41) is 24.8. The Hall–Kier alpha value is -2.12. The van der Waals surface area contributed by atoms with Crippen LogP contribution in [0.15, 0.2) is 48.5 Å². The normalized spacial score (nSPS) is 20.2. The number of nitrogens with zero attached hydrogens (tertiary/aromatic N) is 1. The molecule has 0 radical (unpaired) electrons. The number of aliphatic carboxylic acids is 1. The maximum atomic E-state index is 11.7. The van der Waals surface area contributed by atoms with E-state index in [9.17, 15) is 15.0 Å². The van der Waals surface area contributed by atoms with Crippen molar-refractivity contribution < 1.29 is 19.7 Å². The summed E-state index contributed by atoms with van der Waals surface area (Å²) in [7, 11) is 0. The van der Waals surface area contributed by atoms with Gasteiger partial charge in [-0.2, -0.15) is 0 Å². The molecule has 0 aromatic heterocycles. The average molecular weight is 473 g/mol. The first-order chi connectivity index (χ1) is 15.8. The van der Waals surface area contributed by atoms with Crippen molar-refractivity contribution in [3.8, 4) is 5.75 Å². The first kappa shape index (κ1) is 24.0. The number of piperidine rings is 1. The van der Waals surface area contributed by atoms with Gasteiger partial charge in [-0.25, -0.2) is 0 Å². The van der Waals surface area contributed by atoms with E-state index in [4.69, 9.17) is 16.3 Å². The fraction of sp³-hybridized carbons (Fsp3) is 0.500. The summed E-state index contributed by atoms with van der Waals surface area (Å²) < 4.78 is 5.94. The molecule has 0 spiro atoms. The topological polar surface area (TPSA) is 82.0 Å². The minimum Gasteiger partial charge on any atom is -0.490 e. The Balaban J connectivity index is 1.23. The maximum Gasteiger partial charge on any atom is 0.314 e. The van der Waals surface area contributed by atoms with E-state index < -0.39 is 17.0 Å². The molecule has 33 heavy (non-hydrogen) atoms. The number of carboxylic acids is 1. The van der Waals surface area contributed by atoms with E-state index in [0.29, 0.717) is 36.7 Å². The number of carbonyl (C=O) groups is 1. The fourth-order valence-electron chi connectivity index (χ4n) is 4.50. The van der Waals surface area contributed by atoms with Gasteiger partial charge in [0.2, 0.25) is 0 Å². The third kappa shape index (κ3) is 6.07. The highest BCUT2D eigenvalue weighted by molar-refractivity contribution is 6.30. The van der Waals surface area contributed by atoms with E-state index in [2.05, 4.69) is 22.3 Å². The van der Waals surface area contributed by atoms with Crippen LogP contribution in [0.2, 0.25) is 5.02 Å².